The quantitative estimate of drug-likeness (QED) is 0.754. The van der Waals surface area contributed by atoms with Crippen LogP contribution in [-0.2, 0) is 16.0 Å². The zero-order valence-corrected chi connectivity index (χ0v) is 13.1. The van der Waals surface area contributed by atoms with Crippen LogP contribution in [0.25, 0.3) is 4.96 Å². The number of imidazole rings is 1. The lowest BCUT2D eigenvalue weighted by atomic mass is 10.3. The predicted octanol–water partition coefficient (Wildman–Crippen LogP) is 1.21. The van der Waals surface area contributed by atoms with E-state index in [2.05, 4.69) is 26.2 Å². The van der Waals surface area contributed by atoms with Crippen molar-refractivity contribution < 1.29 is 9.47 Å². The van der Waals surface area contributed by atoms with Crippen molar-refractivity contribution in [1.82, 2.24) is 14.7 Å². The molecule has 0 aliphatic rings. The molecule has 0 saturated heterocycles. The summed E-state index contributed by atoms with van der Waals surface area (Å²) < 4.78 is 12.5. The fourth-order valence-corrected chi connectivity index (χ4v) is 2.86. The lowest BCUT2D eigenvalue weighted by Crippen LogP contribution is -2.32. The van der Waals surface area contributed by atoms with Crippen LogP contribution in [0.5, 0.6) is 0 Å². The molecule has 0 amide bonds. The zero-order chi connectivity index (χ0) is 14.4. The number of hydrogen-bond acceptors (Lipinski definition) is 6. The number of fused-ring (bicyclic) bond motifs is 1. The van der Waals surface area contributed by atoms with Crippen LogP contribution in [0.15, 0.2) is 11.6 Å². The molecule has 2 rings (SSSR count). The third-order valence-corrected chi connectivity index (χ3v) is 3.87. The van der Waals surface area contributed by atoms with Crippen LogP contribution in [0.3, 0.4) is 0 Å². The molecule has 0 bridgehead atoms. The summed E-state index contributed by atoms with van der Waals surface area (Å²) in [6.45, 7) is 3.74. The van der Waals surface area contributed by atoms with Crippen molar-refractivity contribution >= 4 is 22.1 Å². The molecule has 1 N–H and O–H groups in total. The van der Waals surface area contributed by atoms with E-state index in [1.54, 1.807) is 25.6 Å². The molecule has 0 atom stereocenters. The number of ether oxygens (including phenoxy) is 2. The van der Waals surface area contributed by atoms with Crippen molar-refractivity contribution in [2.75, 3.05) is 52.5 Å². The molecule has 20 heavy (non-hydrogen) atoms. The number of nitrogens with one attached hydrogen (secondary N) is 1. The molecule has 0 aliphatic heterocycles. The summed E-state index contributed by atoms with van der Waals surface area (Å²) in [6, 6.07) is 0. The van der Waals surface area contributed by atoms with E-state index in [1.165, 1.54) is 5.69 Å². The van der Waals surface area contributed by atoms with Crippen LogP contribution >= 0.6 is 11.3 Å². The highest BCUT2D eigenvalue weighted by Gasteiger charge is 2.18. The summed E-state index contributed by atoms with van der Waals surface area (Å²) in [4.78, 5) is 7.99. The van der Waals surface area contributed by atoms with Gasteiger partial charge >= 0.3 is 0 Å². The predicted molar refractivity (Wildman–Crippen MR) is 81.8 cm³/mol. The summed E-state index contributed by atoms with van der Waals surface area (Å²) in [5.74, 6) is 1.01. The van der Waals surface area contributed by atoms with E-state index in [9.17, 15) is 0 Å². The summed E-state index contributed by atoms with van der Waals surface area (Å²) in [5.41, 5.74) is 1.18. The number of nitrogens with zero attached hydrogens (tertiary/aromatic N) is 3. The molecule has 0 fully saturated rings. The van der Waals surface area contributed by atoms with Gasteiger partial charge in [0.1, 0.15) is 0 Å². The Morgan fingerprint density at radius 3 is 2.60 bits per heavy atom. The molecule has 0 spiro atoms. The summed E-state index contributed by atoms with van der Waals surface area (Å²) in [6.07, 6.45) is 2.06. The molecule has 0 aliphatic carbocycles. The molecule has 2 aromatic heterocycles. The third kappa shape index (κ3) is 3.29. The molecular formula is C13H22N4O2S. The Kier molecular flexibility index (Phi) is 5.78. The first-order valence-electron chi connectivity index (χ1n) is 6.63. The van der Waals surface area contributed by atoms with Crippen LogP contribution < -0.4 is 10.2 Å². The molecule has 112 valence electrons. The van der Waals surface area contributed by atoms with Crippen LogP contribution in [0.1, 0.15) is 5.69 Å². The van der Waals surface area contributed by atoms with Gasteiger partial charge in [0, 0.05) is 45.4 Å². The minimum atomic E-state index is 0.674. The third-order valence-electron chi connectivity index (χ3n) is 3.11. The maximum Gasteiger partial charge on any atom is 0.195 e. The monoisotopic (exact) mass is 298 g/mol. The molecule has 0 radical (unpaired) electrons. The van der Waals surface area contributed by atoms with Crippen molar-refractivity contribution in [3.05, 3.63) is 17.3 Å². The normalized spacial score (nSPS) is 11.3. The first-order chi connectivity index (χ1) is 9.81. The Morgan fingerprint density at radius 2 is 2.00 bits per heavy atom. The van der Waals surface area contributed by atoms with E-state index in [-0.39, 0.29) is 0 Å². The van der Waals surface area contributed by atoms with Gasteiger partial charge in [0.15, 0.2) is 10.8 Å². The van der Waals surface area contributed by atoms with Gasteiger partial charge in [-0.1, -0.05) is 0 Å². The Balaban J connectivity index is 2.29. The minimum absolute atomic E-state index is 0.674. The average molecular weight is 298 g/mol. The minimum Gasteiger partial charge on any atom is -0.383 e. The molecule has 0 unspecified atom stereocenters. The first-order valence-corrected chi connectivity index (χ1v) is 7.51. The standard InChI is InChI=1S/C13H22N4O2S/c1-14-10-11-12(15-13-17(11)6-9-20-13)16(4-7-18-2)5-8-19-3/h6,9,14H,4-5,7-8,10H2,1-3H3. The maximum atomic E-state index is 5.20. The maximum absolute atomic E-state index is 5.20. The Morgan fingerprint density at radius 1 is 1.30 bits per heavy atom. The number of aromatic nitrogens is 2. The van der Waals surface area contributed by atoms with Gasteiger partial charge in [0.05, 0.1) is 18.9 Å². The van der Waals surface area contributed by atoms with Gasteiger partial charge in [-0.3, -0.25) is 4.40 Å². The van der Waals surface area contributed by atoms with Crippen LogP contribution in [0, 0.1) is 0 Å². The molecule has 2 heterocycles. The fraction of sp³-hybridized carbons (Fsp3) is 0.615. The van der Waals surface area contributed by atoms with Crippen molar-refractivity contribution in [2.45, 2.75) is 6.54 Å². The van der Waals surface area contributed by atoms with Crippen LogP contribution in [0.4, 0.5) is 5.82 Å². The Bertz CT molecular complexity index is 517. The summed E-state index contributed by atoms with van der Waals surface area (Å²) >= 11 is 1.65. The van der Waals surface area contributed by atoms with Crippen molar-refractivity contribution in [2.24, 2.45) is 0 Å². The highest BCUT2D eigenvalue weighted by Crippen LogP contribution is 2.24. The molecule has 6 nitrogen and oxygen atoms in total. The number of hydrogen-bond donors (Lipinski definition) is 1. The van der Waals surface area contributed by atoms with Crippen molar-refractivity contribution in [3.8, 4) is 0 Å². The van der Waals surface area contributed by atoms with Gasteiger partial charge in [0.2, 0.25) is 0 Å². The number of methoxy groups -OCH3 is 2. The zero-order valence-electron chi connectivity index (χ0n) is 12.3. The van der Waals surface area contributed by atoms with E-state index in [1.807, 2.05) is 7.05 Å². The van der Waals surface area contributed by atoms with E-state index >= 15 is 0 Å². The fourth-order valence-electron chi connectivity index (χ4n) is 2.13. The van der Waals surface area contributed by atoms with Crippen molar-refractivity contribution in [3.63, 3.8) is 0 Å². The van der Waals surface area contributed by atoms with Gasteiger partial charge in [0.25, 0.3) is 0 Å². The molecular weight excluding hydrogens is 276 g/mol. The Labute approximate surface area is 123 Å². The van der Waals surface area contributed by atoms with E-state index in [0.717, 1.165) is 30.4 Å². The molecule has 7 heteroatoms. The number of rotatable bonds is 9. The highest BCUT2D eigenvalue weighted by atomic mass is 32.1. The smallest absolute Gasteiger partial charge is 0.195 e. The van der Waals surface area contributed by atoms with E-state index in [4.69, 9.17) is 14.5 Å². The van der Waals surface area contributed by atoms with E-state index in [0.29, 0.717) is 13.2 Å². The molecule has 0 aromatic carbocycles. The van der Waals surface area contributed by atoms with Gasteiger partial charge < -0.3 is 19.7 Å². The lowest BCUT2D eigenvalue weighted by Gasteiger charge is -2.23. The second-order valence-electron chi connectivity index (χ2n) is 4.44. The first kappa shape index (κ1) is 15.2. The van der Waals surface area contributed by atoms with E-state index < -0.39 is 0 Å². The summed E-state index contributed by atoms with van der Waals surface area (Å²) in [5, 5.41) is 5.27. The second kappa shape index (κ2) is 7.58. The van der Waals surface area contributed by atoms with Crippen LogP contribution in [0.2, 0.25) is 0 Å². The highest BCUT2D eigenvalue weighted by molar-refractivity contribution is 7.15. The SMILES string of the molecule is CNCc1c(N(CCOC)CCOC)nc2sccn12. The average Bonchev–Trinajstić information content (AvgIpc) is 3.02. The topological polar surface area (TPSA) is 51.0 Å². The number of anilines is 1. The lowest BCUT2D eigenvalue weighted by molar-refractivity contribution is 0.190. The van der Waals surface area contributed by atoms with Crippen LogP contribution in [-0.4, -0.2) is 57.0 Å². The molecule has 0 saturated carbocycles. The molecule has 2 aromatic rings. The summed E-state index contributed by atoms with van der Waals surface area (Å²) in [7, 11) is 5.38. The van der Waals surface area contributed by atoms with Gasteiger partial charge in [-0.05, 0) is 7.05 Å². The van der Waals surface area contributed by atoms with Gasteiger partial charge in [-0.15, -0.1) is 11.3 Å². The Hall–Kier alpha value is -1.15. The number of thiazole rings is 1. The van der Waals surface area contributed by atoms with Crippen molar-refractivity contribution in [1.29, 1.82) is 0 Å². The van der Waals surface area contributed by atoms with Gasteiger partial charge in [-0.2, -0.15) is 0 Å². The largest absolute Gasteiger partial charge is 0.383 e. The second-order valence-corrected chi connectivity index (χ2v) is 5.31. The van der Waals surface area contributed by atoms with Gasteiger partial charge in [-0.25, -0.2) is 4.98 Å².